The van der Waals surface area contributed by atoms with E-state index in [1.807, 2.05) is 36.4 Å². The van der Waals surface area contributed by atoms with Gasteiger partial charge in [0.1, 0.15) is 29.6 Å². The number of hydrogen-bond donors (Lipinski definition) is 0. The molecule has 3 rings (SSSR count). The summed E-state index contributed by atoms with van der Waals surface area (Å²) in [6, 6.07) is 16.2. The fourth-order valence-corrected chi connectivity index (χ4v) is 4.27. The van der Waals surface area contributed by atoms with Gasteiger partial charge in [-0.15, -0.1) is 11.3 Å². The van der Waals surface area contributed by atoms with E-state index in [-0.39, 0.29) is 5.92 Å². The molecule has 0 N–H and O–H groups in total. The zero-order valence-electron chi connectivity index (χ0n) is 16.6. The second-order valence-electron chi connectivity index (χ2n) is 7.24. The van der Waals surface area contributed by atoms with Crippen LogP contribution >= 0.6 is 11.3 Å². The van der Waals surface area contributed by atoms with E-state index in [9.17, 15) is 4.79 Å². The van der Waals surface area contributed by atoms with Crippen LogP contribution in [-0.4, -0.2) is 17.9 Å². The van der Waals surface area contributed by atoms with E-state index in [0.29, 0.717) is 6.61 Å². The Morgan fingerprint density at radius 1 is 1.00 bits per heavy atom. The van der Waals surface area contributed by atoms with Crippen molar-refractivity contribution in [1.29, 1.82) is 0 Å². The van der Waals surface area contributed by atoms with Crippen LogP contribution in [0.25, 0.3) is 10.2 Å². The summed E-state index contributed by atoms with van der Waals surface area (Å²) in [5, 5.41) is 0.816. The van der Waals surface area contributed by atoms with Crippen LogP contribution in [0.3, 0.4) is 0 Å². The molecule has 0 aliphatic heterocycles. The van der Waals surface area contributed by atoms with Crippen LogP contribution in [0.5, 0.6) is 5.75 Å². The maximum absolute atomic E-state index is 11.6. The molecule has 1 unspecified atom stereocenters. The fraction of sp³-hybridized carbons (Fsp3) is 0.417. The van der Waals surface area contributed by atoms with Crippen LogP contribution in [0.15, 0.2) is 48.5 Å². The predicted octanol–water partition coefficient (Wildman–Crippen LogP) is 6.56. The van der Waals surface area contributed by atoms with Crippen molar-refractivity contribution < 1.29 is 9.53 Å². The van der Waals surface area contributed by atoms with Crippen LogP contribution in [0, 0.1) is 0 Å². The van der Waals surface area contributed by atoms with Gasteiger partial charge in [0.15, 0.2) is 0 Å². The summed E-state index contributed by atoms with van der Waals surface area (Å²) in [6.07, 6.45) is 9.95. The van der Waals surface area contributed by atoms with Crippen molar-refractivity contribution in [3.63, 3.8) is 0 Å². The highest BCUT2D eigenvalue weighted by Gasteiger charge is 2.16. The number of rotatable bonds is 12. The maximum atomic E-state index is 11.6. The topological polar surface area (TPSA) is 39.2 Å². The van der Waals surface area contributed by atoms with Crippen molar-refractivity contribution in [2.45, 2.75) is 57.8 Å². The third kappa shape index (κ3) is 5.90. The molecule has 28 heavy (non-hydrogen) atoms. The number of aromatic nitrogens is 1. The third-order valence-electron chi connectivity index (χ3n) is 4.96. The highest BCUT2D eigenvalue weighted by molar-refractivity contribution is 7.18. The van der Waals surface area contributed by atoms with Gasteiger partial charge in [0.05, 0.1) is 10.2 Å². The molecule has 0 fully saturated rings. The standard InChI is InChI=1S/C24H29NO2S/c1-2-3-4-5-6-7-10-19-13-15-21(16-14-19)27-18-20(17-26)24-25-22-11-8-9-12-23(22)28-24/h8-9,11-17,20H,2-7,10,18H2,1H3. The van der Waals surface area contributed by atoms with E-state index < -0.39 is 0 Å². The predicted molar refractivity (Wildman–Crippen MR) is 117 cm³/mol. The average Bonchev–Trinajstić information content (AvgIpc) is 3.16. The summed E-state index contributed by atoms with van der Waals surface area (Å²) < 4.78 is 6.97. The van der Waals surface area contributed by atoms with Gasteiger partial charge in [-0.1, -0.05) is 63.3 Å². The van der Waals surface area contributed by atoms with Crippen LogP contribution in [-0.2, 0) is 11.2 Å². The zero-order valence-corrected chi connectivity index (χ0v) is 17.4. The summed E-state index contributed by atoms with van der Waals surface area (Å²) in [5.74, 6) is 0.472. The minimum atomic E-state index is -0.333. The number of nitrogens with zero attached hydrogens (tertiary/aromatic N) is 1. The number of benzene rings is 2. The molecule has 3 aromatic rings. The Labute approximate surface area is 171 Å². The monoisotopic (exact) mass is 395 g/mol. The molecule has 2 aromatic carbocycles. The maximum Gasteiger partial charge on any atom is 0.133 e. The summed E-state index contributed by atoms with van der Waals surface area (Å²) in [5.41, 5.74) is 2.29. The molecule has 0 radical (unpaired) electrons. The number of unbranched alkanes of at least 4 members (excludes halogenated alkanes) is 5. The van der Waals surface area contributed by atoms with Crippen molar-refractivity contribution in [3.8, 4) is 5.75 Å². The van der Waals surface area contributed by atoms with Gasteiger partial charge in [-0.2, -0.15) is 0 Å². The largest absolute Gasteiger partial charge is 0.492 e. The minimum Gasteiger partial charge on any atom is -0.492 e. The molecule has 0 bridgehead atoms. The average molecular weight is 396 g/mol. The quantitative estimate of drug-likeness (QED) is 0.257. The summed E-state index contributed by atoms with van der Waals surface area (Å²) >= 11 is 1.56. The number of thiazole rings is 1. The van der Waals surface area contributed by atoms with Crippen LogP contribution in [0.1, 0.15) is 61.9 Å². The van der Waals surface area contributed by atoms with Crippen molar-refractivity contribution >= 4 is 27.8 Å². The van der Waals surface area contributed by atoms with Crippen LogP contribution in [0.4, 0.5) is 0 Å². The van der Waals surface area contributed by atoms with Crippen molar-refractivity contribution in [3.05, 3.63) is 59.1 Å². The molecule has 1 atom stereocenters. The van der Waals surface area contributed by atoms with Gasteiger partial charge in [0.25, 0.3) is 0 Å². The summed E-state index contributed by atoms with van der Waals surface area (Å²) in [6.45, 7) is 2.57. The molecule has 1 heterocycles. The number of aryl methyl sites for hydroxylation is 1. The zero-order chi connectivity index (χ0) is 19.6. The number of ether oxygens (including phenoxy) is 1. The molecule has 4 heteroatoms. The smallest absolute Gasteiger partial charge is 0.133 e. The lowest BCUT2D eigenvalue weighted by molar-refractivity contribution is -0.109. The van der Waals surface area contributed by atoms with Crippen LogP contribution in [0.2, 0.25) is 0 Å². The van der Waals surface area contributed by atoms with Gasteiger partial charge in [-0.25, -0.2) is 4.98 Å². The number of para-hydroxylation sites is 1. The Bertz CT molecular complexity index is 823. The lowest BCUT2D eigenvalue weighted by atomic mass is 10.0. The molecule has 3 nitrogen and oxygen atoms in total. The first-order valence-electron chi connectivity index (χ1n) is 10.3. The SMILES string of the molecule is CCCCCCCCc1ccc(OCC(C=O)c2nc3ccccc3s2)cc1. The summed E-state index contributed by atoms with van der Waals surface area (Å²) in [4.78, 5) is 16.1. The second-order valence-corrected chi connectivity index (χ2v) is 8.30. The Balaban J connectivity index is 1.47. The minimum absolute atomic E-state index is 0.320. The molecule has 0 saturated carbocycles. The molecule has 0 saturated heterocycles. The molecular formula is C24H29NO2S. The molecule has 0 amide bonds. The molecule has 1 aromatic heterocycles. The Morgan fingerprint density at radius 2 is 1.75 bits per heavy atom. The first-order chi connectivity index (χ1) is 13.8. The lowest BCUT2D eigenvalue weighted by Gasteiger charge is -2.10. The number of carbonyl (C=O) groups excluding carboxylic acids is 1. The second kappa shape index (κ2) is 11.0. The van der Waals surface area contributed by atoms with E-state index in [0.717, 1.165) is 33.7 Å². The fourth-order valence-electron chi connectivity index (χ4n) is 3.27. The Kier molecular flexibility index (Phi) is 8.04. The summed E-state index contributed by atoms with van der Waals surface area (Å²) in [7, 11) is 0. The third-order valence-corrected chi connectivity index (χ3v) is 6.13. The van der Waals surface area contributed by atoms with E-state index in [1.165, 1.54) is 44.1 Å². The van der Waals surface area contributed by atoms with E-state index >= 15 is 0 Å². The van der Waals surface area contributed by atoms with Gasteiger partial charge in [0.2, 0.25) is 0 Å². The number of carbonyl (C=O) groups is 1. The lowest BCUT2D eigenvalue weighted by Crippen LogP contribution is -2.11. The van der Waals surface area contributed by atoms with Gasteiger partial charge in [-0.05, 0) is 42.7 Å². The highest BCUT2D eigenvalue weighted by Crippen LogP contribution is 2.27. The number of hydrogen-bond acceptors (Lipinski definition) is 4. The molecule has 0 aliphatic rings. The Morgan fingerprint density at radius 3 is 2.50 bits per heavy atom. The van der Waals surface area contributed by atoms with Gasteiger partial charge in [-0.3, -0.25) is 0 Å². The molecule has 0 aliphatic carbocycles. The first-order valence-corrected chi connectivity index (χ1v) is 11.1. The van der Waals surface area contributed by atoms with E-state index in [4.69, 9.17) is 4.74 Å². The highest BCUT2D eigenvalue weighted by atomic mass is 32.1. The first kappa shape index (κ1) is 20.5. The molecule has 0 spiro atoms. The van der Waals surface area contributed by atoms with E-state index in [1.54, 1.807) is 11.3 Å². The van der Waals surface area contributed by atoms with Crippen molar-refractivity contribution in [1.82, 2.24) is 4.98 Å². The number of fused-ring (bicyclic) bond motifs is 1. The molecule has 148 valence electrons. The van der Waals surface area contributed by atoms with Crippen LogP contribution < -0.4 is 4.74 Å². The number of aldehydes is 1. The van der Waals surface area contributed by atoms with Gasteiger partial charge in [0, 0.05) is 0 Å². The normalized spacial score (nSPS) is 12.2. The van der Waals surface area contributed by atoms with Crippen molar-refractivity contribution in [2.24, 2.45) is 0 Å². The van der Waals surface area contributed by atoms with Gasteiger partial charge < -0.3 is 9.53 Å². The van der Waals surface area contributed by atoms with Gasteiger partial charge >= 0.3 is 0 Å². The van der Waals surface area contributed by atoms with Crippen molar-refractivity contribution in [2.75, 3.05) is 6.61 Å². The molecular weight excluding hydrogens is 366 g/mol. The Hall–Kier alpha value is -2.20. The van der Waals surface area contributed by atoms with E-state index in [2.05, 4.69) is 24.0 Å².